The number of nitrogens with one attached hydrogen (secondary N) is 1. The van der Waals surface area contributed by atoms with Crippen LogP contribution in [-0.4, -0.2) is 34.1 Å². The van der Waals surface area contributed by atoms with Gasteiger partial charge in [0.15, 0.2) is 17.3 Å². The number of anilines is 1. The van der Waals surface area contributed by atoms with E-state index in [4.69, 9.17) is 14.2 Å². The molecule has 0 saturated heterocycles. The van der Waals surface area contributed by atoms with Gasteiger partial charge in [-0.2, -0.15) is 4.68 Å². The van der Waals surface area contributed by atoms with E-state index < -0.39 is 5.54 Å². The van der Waals surface area contributed by atoms with E-state index in [1.54, 1.807) is 11.8 Å². The van der Waals surface area contributed by atoms with Crippen LogP contribution in [-0.2, 0) is 5.54 Å². The highest BCUT2D eigenvalue weighted by atomic mass is 16.7. The first-order valence-electron chi connectivity index (χ1n) is 8.74. The third kappa shape index (κ3) is 3.14. The highest BCUT2D eigenvalue weighted by molar-refractivity contribution is 5.57. The molecule has 3 aromatic rings. The lowest BCUT2D eigenvalue weighted by Gasteiger charge is -2.29. The number of ether oxygens (including phenoxy) is 3. The number of aromatic nitrogens is 4. The minimum Gasteiger partial charge on any atom is -0.497 e. The number of tetrazole rings is 1. The normalized spacial score (nSPS) is 14.6. The quantitative estimate of drug-likeness (QED) is 0.716. The van der Waals surface area contributed by atoms with Crippen LogP contribution in [0.1, 0.15) is 26.1 Å². The summed E-state index contributed by atoms with van der Waals surface area (Å²) in [6.45, 7) is 4.41. The molecule has 1 aromatic heterocycles. The molecule has 2 heterocycles. The molecule has 0 radical (unpaired) electrons. The molecule has 0 saturated carbocycles. The van der Waals surface area contributed by atoms with Crippen LogP contribution in [0.4, 0.5) is 5.69 Å². The first kappa shape index (κ1) is 17.1. The van der Waals surface area contributed by atoms with Crippen molar-refractivity contribution >= 4 is 5.69 Å². The minimum absolute atomic E-state index is 0.250. The van der Waals surface area contributed by atoms with Gasteiger partial charge in [0, 0.05) is 11.8 Å². The fourth-order valence-corrected chi connectivity index (χ4v) is 3.02. The molecule has 0 bridgehead atoms. The predicted molar refractivity (Wildman–Crippen MR) is 99.5 cm³/mol. The molecular weight excluding hydrogens is 346 g/mol. The average Bonchev–Trinajstić information content (AvgIpc) is 3.37. The molecule has 1 aliphatic heterocycles. The molecule has 0 spiro atoms. The second-order valence-electron chi connectivity index (χ2n) is 6.49. The summed E-state index contributed by atoms with van der Waals surface area (Å²) in [5.74, 6) is 2.98. The van der Waals surface area contributed by atoms with Gasteiger partial charge in [0.25, 0.3) is 0 Å². The maximum absolute atomic E-state index is 5.47. The average molecular weight is 367 g/mol. The van der Waals surface area contributed by atoms with Crippen molar-refractivity contribution in [2.45, 2.75) is 25.8 Å². The highest BCUT2D eigenvalue weighted by Gasteiger charge is 2.32. The van der Waals surface area contributed by atoms with E-state index in [1.165, 1.54) is 0 Å². The van der Waals surface area contributed by atoms with Gasteiger partial charge in [-0.1, -0.05) is 6.92 Å². The SMILES string of the molecule is CC[C@](C)(Nc1ccc2c(c1)OCO2)c1nnnn1-c1ccc(OC)cc1. The molecule has 8 heteroatoms. The maximum atomic E-state index is 5.47. The van der Waals surface area contributed by atoms with Gasteiger partial charge in [-0.3, -0.25) is 0 Å². The Kier molecular flexibility index (Phi) is 4.31. The summed E-state index contributed by atoms with van der Waals surface area (Å²) in [7, 11) is 1.64. The molecule has 27 heavy (non-hydrogen) atoms. The summed E-state index contributed by atoms with van der Waals surface area (Å²) in [6.07, 6.45) is 0.776. The van der Waals surface area contributed by atoms with Gasteiger partial charge in [-0.25, -0.2) is 0 Å². The van der Waals surface area contributed by atoms with Gasteiger partial charge in [0.05, 0.1) is 18.3 Å². The largest absolute Gasteiger partial charge is 0.497 e. The Morgan fingerprint density at radius 3 is 2.67 bits per heavy atom. The molecule has 140 valence electrons. The fraction of sp³-hybridized carbons (Fsp3) is 0.316. The standard InChI is InChI=1S/C19H21N5O3/c1-4-19(2,20-13-5-10-16-17(11-13)27-12-26-16)18-21-22-23-24(18)14-6-8-15(25-3)9-7-14/h5-11,20H,4,12H2,1-3H3/t19-/m0/s1. The van der Waals surface area contributed by atoms with Crippen molar-refractivity contribution in [3.63, 3.8) is 0 Å². The lowest BCUT2D eigenvalue weighted by molar-refractivity contribution is 0.174. The van der Waals surface area contributed by atoms with Crippen LogP contribution in [0.2, 0.25) is 0 Å². The van der Waals surface area contributed by atoms with Gasteiger partial charge >= 0.3 is 0 Å². The van der Waals surface area contributed by atoms with Crippen molar-refractivity contribution in [2.24, 2.45) is 0 Å². The van der Waals surface area contributed by atoms with Gasteiger partial charge in [0.2, 0.25) is 6.79 Å². The lowest BCUT2D eigenvalue weighted by Crippen LogP contribution is -2.34. The molecule has 1 aliphatic rings. The van der Waals surface area contributed by atoms with E-state index >= 15 is 0 Å². The summed E-state index contributed by atoms with van der Waals surface area (Å²) in [5.41, 5.74) is 1.28. The Morgan fingerprint density at radius 2 is 1.93 bits per heavy atom. The smallest absolute Gasteiger partial charge is 0.231 e. The number of fused-ring (bicyclic) bond motifs is 1. The van der Waals surface area contributed by atoms with Crippen molar-refractivity contribution in [1.29, 1.82) is 0 Å². The maximum Gasteiger partial charge on any atom is 0.231 e. The molecule has 0 aliphatic carbocycles. The zero-order chi connectivity index (χ0) is 18.9. The molecule has 2 aromatic carbocycles. The van der Waals surface area contributed by atoms with Gasteiger partial charge in [-0.05, 0) is 60.2 Å². The summed E-state index contributed by atoms with van der Waals surface area (Å²) >= 11 is 0. The number of nitrogens with zero attached hydrogens (tertiary/aromatic N) is 4. The summed E-state index contributed by atoms with van der Waals surface area (Å²) in [6, 6.07) is 13.4. The van der Waals surface area contributed by atoms with E-state index in [1.807, 2.05) is 42.5 Å². The highest BCUT2D eigenvalue weighted by Crippen LogP contribution is 2.37. The van der Waals surface area contributed by atoms with E-state index in [0.29, 0.717) is 5.82 Å². The number of hydrogen-bond donors (Lipinski definition) is 1. The minimum atomic E-state index is -0.489. The van der Waals surface area contributed by atoms with Gasteiger partial charge in [0.1, 0.15) is 5.75 Å². The molecule has 8 nitrogen and oxygen atoms in total. The molecule has 4 rings (SSSR count). The van der Waals surface area contributed by atoms with Crippen molar-refractivity contribution < 1.29 is 14.2 Å². The Morgan fingerprint density at radius 1 is 1.15 bits per heavy atom. The predicted octanol–water partition coefficient (Wildman–Crippen LogP) is 3.14. The molecule has 0 unspecified atom stereocenters. The van der Waals surface area contributed by atoms with Gasteiger partial charge < -0.3 is 19.5 Å². The fourth-order valence-electron chi connectivity index (χ4n) is 3.02. The monoisotopic (exact) mass is 367 g/mol. The summed E-state index contributed by atoms with van der Waals surface area (Å²) < 4.78 is 17.8. The van der Waals surface area contributed by atoms with E-state index in [-0.39, 0.29) is 6.79 Å². The summed E-state index contributed by atoms with van der Waals surface area (Å²) in [5, 5.41) is 15.9. The Bertz CT molecular complexity index is 941. The molecular formula is C19H21N5O3. The summed E-state index contributed by atoms with van der Waals surface area (Å²) in [4.78, 5) is 0. The Hall–Kier alpha value is -3.29. The van der Waals surface area contributed by atoms with Crippen molar-refractivity contribution in [3.05, 3.63) is 48.3 Å². The Labute approximate surface area is 157 Å². The van der Waals surface area contributed by atoms with Crippen LogP contribution in [0, 0.1) is 0 Å². The van der Waals surface area contributed by atoms with E-state index in [2.05, 4.69) is 34.7 Å². The first-order valence-corrected chi connectivity index (χ1v) is 8.74. The van der Waals surface area contributed by atoms with Crippen LogP contribution in [0.25, 0.3) is 5.69 Å². The lowest BCUT2D eigenvalue weighted by atomic mass is 9.97. The number of benzene rings is 2. The third-order valence-electron chi connectivity index (χ3n) is 4.78. The second kappa shape index (κ2) is 6.79. The molecule has 1 N–H and O–H groups in total. The number of methoxy groups -OCH3 is 1. The van der Waals surface area contributed by atoms with Crippen LogP contribution in [0.3, 0.4) is 0 Å². The van der Waals surface area contributed by atoms with Crippen molar-refractivity contribution in [2.75, 3.05) is 19.2 Å². The zero-order valence-electron chi connectivity index (χ0n) is 15.5. The molecule has 0 amide bonds. The Balaban J connectivity index is 1.66. The van der Waals surface area contributed by atoms with Crippen molar-refractivity contribution in [1.82, 2.24) is 20.2 Å². The van der Waals surface area contributed by atoms with Crippen LogP contribution < -0.4 is 19.5 Å². The number of rotatable bonds is 6. The van der Waals surface area contributed by atoms with Gasteiger partial charge in [-0.15, -0.1) is 5.10 Å². The van der Waals surface area contributed by atoms with Crippen LogP contribution >= 0.6 is 0 Å². The van der Waals surface area contributed by atoms with Crippen LogP contribution in [0.5, 0.6) is 17.2 Å². The topological polar surface area (TPSA) is 83.3 Å². The van der Waals surface area contributed by atoms with E-state index in [0.717, 1.165) is 35.0 Å². The van der Waals surface area contributed by atoms with Crippen molar-refractivity contribution in [3.8, 4) is 22.9 Å². The third-order valence-corrected chi connectivity index (χ3v) is 4.78. The molecule has 0 fully saturated rings. The molecule has 1 atom stereocenters. The first-order chi connectivity index (χ1) is 13.1. The zero-order valence-corrected chi connectivity index (χ0v) is 15.5. The second-order valence-corrected chi connectivity index (χ2v) is 6.49. The number of hydrogen-bond acceptors (Lipinski definition) is 7. The van der Waals surface area contributed by atoms with Crippen LogP contribution in [0.15, 0.2) is 42.5 Å². The van der Waals surface area contributed by atoms with E-state index in [9.17, 15) is 0 Å².